The monoisotopic (exact) mass is 233 g/mol. The number of hydrogen-bond acceptors (Lipinski definition) is 2. The summed E-state index contributed by atoms with van der Waals surface area (Å²) in [6.45, 7) is 6.79. The maximum absolute atomic E-state index is 12.0. The average Bonchev–Trinajstić information content (AvgIpc) is 2.28. The number of halogens is 1. The molecule has 2 unspecified atom stereocenters. The van der Waals surface area contributed by atoms with Crippen LogP contribution in [0.2, 0.25) is 0 Å². The summed E-state index contributed by atoms with van der Waals surface area (Å²) in [5, 5.41) is -0.372. The van der Waals surface area contributed by atoms with Crippen LogP contribution in [0.25, 0.3) is 0 Å². The van der Waals surface area contributed by atoms with Crippen LogP contribution in [-0.4, -0.2) is 42.5 Å². The standard InChI is InChI=1S/C11H20ClNO2/c1-3-4-9(2)10(12)11(14)13-5-7-15-8-6-13/h9-10H,3-8H2,1-2H3. The Morgan fingerprint density at radius 1 is 1.47 bits per heavy atom. The predicted octanol–water partition coefficient (Wildman–Crippen LogP) is 1.89. The molecule has 1 aliphatic heterocycles. The van der Waals surface area contributed by atoms with Crippen molar-refractivity contribution in [2.45, 2.75) is 32.1 Å². The molecule has 0 radical (unpaired) electrons. The fourth-order valence-corrected chi connectivity index (χ4v) is 2.07. The molecule has 0 N–H and O–H groups in total. The molecule has 1 heterocycles. The second-order valence-electron chi connectivity index (χ2n) is 4.11. The van der Waals surface area contributed by atoms with Crippen LogP contribution in [0.3, 0.4) is 0 Å². The van der Waals surface area contributed by atoms with Gasteiger partial charge in [0.1, 0.15) is 5.38 Å². The predicted molar refractivity (Wildman–Crippen MR) is 61.1 cm³/mol. The fraction of sp³-hybridized carbons (Fsp3) is 0.909. The molecule has 88 valence electrons. The zero-order chi connectivity index (χ0) is 11.3. The Kier molecular flexibility index (Phi) is 5.40. The van der Waals surface area contributed by atoms with Crippen molar-refractivity contribution in [2.24, 2.45) is 5.92 Å². The van der Waals surface area contributed by atoms with E-state index in [4.69, 9.17) is 16.3 Å². The second kappa shape index (κ2) is 6.33. The van der Waals surface area contributed by atoms with Gasteiger partial charge in [0.25, 0.3) is 0 Å². The molecule has 1 saturated heterocycles. The summed E-state index contributed by atoms with van der Waals surface area (Å²) in [6.07, 6.45) is 2.07. The van der Waals surface area contributed by atoms with Crippen LogP contribution in [0.15, 0.2) is 0 Å². The van der Waals surface area contributed by atoms with Gasteiger partial charge in [0.2, 0.25) is 5.91 Å². The highest BCUT2D eigenvalue weighted by atomic mass is 35.5. The van der Waals surface area contributed by atoms with Gasteiger partial charge in [-0.3, -0.25) is 4.79 Å². The summed E-state index contributed by atoms with van der Waals surface area (Å²) < 4.78 is 5.20. The molecular formula is C11H20ClNO2. The Morgan fingerprint density at radius 3 is 2.60 bits per heavy atom. The van der Waals surface area contributed by atoms with Crippen molar-refractivity contribution in [3.63, 3.8) is 0 Å². The molecular weight excluding hydrogens is 214 g/mol. The van der Waals surface area contributed by atoms with Crippen molar-refractivity contribution in [3.05, 3.63) is 0 Å². The van der Waals surface area contributed by atoms with Gasteiger partial charge in [-0.1, -0.05) is 20.3 Å². The van der Waals surface area contributed by atoms with Crippen LogP contribution in [0.1, 0.15) is 26.7 Å². The van der Waals surface area contributed by atoms with Gasteiger partial charge in [0, 0.05) is 13.1 Å². The number of ether oxygens (including phenoxy) is 1. The molecule has 4 heteroatoms. The van der Waals surface area contributed by atoms with Crippen LogP contribution in [-0.2, 0) is 9.53 Å². The molecule has 1 amide bonds. The summed E-state index contributed by atoms with van der Waals surface area (Å²) in [5.74, 6) is 0.327. The van der Waals surface area contributed by atoms with Gasteiger partial charge in [-0.15, -0.1) is 11.6 Å². The van der Waals surface area contributed by atoms with Crippen LogP contribution in [0, 0.1) is 5.92 Å². The van der Waals surface area contributed by atoms with Crippen molar-refractivity contribution in [1.29, 1.82) is 0 Å². The fourth-order valence-electron chi connectivity index (χ4n) is 1.80. The first-order valence-corrected chi connectivity index (χ1v) is 6.11. The maximum Gasteiger partial charge on any atom is 0.241 e. The SMILES string of the molecule is CCCC(C)C(Cl)C(=O)N1CCOCC1. The number of rotatable bonds is 4. The van der Waals surface area contributed by atoms with E-state index < -0.39 is 0 Å². The highest BCUT2D eigenvalue weighted by molar-refractivity contribution is 6.30. The Morgan fingerprint density at radius 2 is 2.07 bits per heavy atom. The number of hydrogen-bond donors (Lipinski definition) is 0. The van der Waals surface area contributed by atoms with Crippen LogP contribution in [0.5, 0.6) is 0 Å². The van der Waals surface area contributed by atoms with E-state index in [2.05, 4.69) is 6.92 Å². The Balaban J connectivity index is 2.43. The minimum Gasteiger partial charge on any atom is -0.378 e. The van der Waals surface area contributed by atoms with Crippen molar-refractivity contribution in [1.82, 2.24) is 4.90 Å². The topological polar surface area (TPSA) is 29.5 Å². The molecule has 0 aromatic heterocycles. The Bertz CT molecular complexity index is 205. The van der Waals surface area contributed by atoms with Crippen molar-refractivity contribution in [3.8, 4) is 0 Å². The van der Waals surface area contributed by atoms with Crippen molar-refractivity contribution in [2.75, 3.05) is 26.3 Å². The van der Waals surface area contributed by atoms with Gasteiger partial charge in [0.05, 0.1) is 13.2 Å². The van der Waals surface area contributed by atoms with Gasteiger partial charge in [-0.25, -0.2) is 0 Å². The molecule has 0 aromatic carbocycles. The molecule has 0 spiro atoms. The molecule has 0 aromatic rings. The van der Waals surface area contributed by atoms with E-state index in [1.54, 1.807) is 0 Å². The minimum absolute atomic E-state index is 0.0703. The number of nitrogens with zero attached hydrogens (tertiary/aromatic N) is 1. The summed E-state index contributed by atoms with van der Waals surface area (Å²) >= 11 is 6.16. The zero-order valence-corrected chi connectivity index (χ0v) is 10.3. The van der Waals surface area contributed by atoms with E-state index >= 15 is 0 Å². The average molecular weight is 234 g/mol. The lowest BCUT2D eigenvalue weighted by Gasteiger charge is -2.30. The summed E-state index contributed by atoms with van der Waals surface area (Å²) in [5.41, 5.74) is 0. The summed E-state index contributed by atoms with van der Waals surface area (Å²) in [7, 11) is 0. The molecule has 15 heavy (non-hydrogen) atoms. The van der Waals surface area contributed by atoms with Crippen LogP contribution < -0.4 is 0 Å². The van der Waals surface area contributed by atoms with Gasteiger partial charge in [-0.05, 0) is 12.3 Å². The number of morpholine rings is 1. The van der Waals surface area contributed by atoms with E-state index in [1.165, 1.54) is 0 Å². The highest BCUT2D eigenvalue weighted by Crippen LogP contribution is 2.19. The molecule has 1 rings (SSSR count). The lowest BCUT2D eigenvalue weighted by atomic mass is 10.0. The lowest BCUT2D eigenvalue weighted by Crippen LogP contribution is -2.45. The summed E-state index contributed by atoms with van der Waals surface area (Å²) in [6, 6.07) is 0. The largest absolute Gasteiger partial charge is 0.378 e. The van der Waals surface area contributed by atoms with Crippen LogP contribution in [0.4, 0.5) is 0 Å². The number of alkyl halides is 1. The van der Waals surface area contributed by atoms with E-state index in [0.717, 1.165) is 12.8 Å². The second-order valence-corrected chi connectivity index (χ2v) is 4.58. The first-order chi connectivity index (χ1) is 7.16. The molecule has 0 bridgehead atoms. The van der Waals surface area contributed by atoms with Gasteiger partial charge in [-0.2, -0.15) is 0 Å². The molecule has 0 saturated carbocycles. The maximum atomic E-state index is 12.0. The smallest absolute Gasteiger partial charge is 0.241 e. The van der Waals surface area contributed by atoms with Gasteiger partial charge in [0.15, 0.2) is 0 Å². The van der Waals surface area contributed by atoms with E-state index in [0.29, 0.717) is 26.3 Å². The first kappa shape index (κ1) is 12.8. The normalized spacial score (nSPS) is 21.1. The highest BCUT2D eigenvalue weighted by Gasteiger charge is 2.27. The minimum atomic E-state index is -0.372. The third-order valence-corrected chi connectivity index (χ3v) is 3.42. The third kappa shape index (κ3) is 3.65. The molecule has 2 atom stereocenters. The zero-order valence-electron chi connectivity index (χ0n) is 9.54. The van der Waals surface area contributed by atoms with Gasteiger partial charge >= 0.3 is 0 Å². The summed E-state index contributed by atoms with van der Waals surface area (Å²) in [4.78, 5) is 13.8. The number of carbonyl (C=O) groups excluding carboxylic acids is 1. The number of amides is 1. The van der Waals surface area contributed by atoms with Crippen LogP contribution >= 0.6 is 11.6 Å². The van der Waals surface area contributed by atoms with E-state index in [-0.39, 0.29) is 17.2 Å². The van der Waals surface area contributed by atoms with E-state index in [9.17, 15) is 4.79 Å². The van der Waals surface area contributed by atoms with E-state index in [1.807, 2.05) is 11.8 Å². The molecule has 3 nitrogen and oxygen atoms in total. The molecule has 0 aliphatic carbocycles. The molecule has 1 fully saturated rings. The van der Waals surface area contributed by atoms with Gasteiger partial charge < -0.3 is 9.64 Å². The third-order valence-electron chi connectivity index (χ3n) is 2.80. The lowest BCUT2D eigenvalue weighted by molar-refractivity contribution is -0.135. The number of carbonyl (C=O) groups is 1. The molecule has 1 aliphatic rings. The van der Waals surface area contributed by atoms with Crippen molar-refractivity contribution < 1.29 is 9.53 Å². The van der Waals surface area contributed by atoms with Crippen molar-refractivity contribution >= 4 is 17.5 Å². The first-order valence-electron chi connectivity index (χ1n) is 5.67. The Labute approximate surface area is 96.7 Å². The quantitative estimate of drug-likeness (QED) is 0.694. The Hall–Kier alpha value is -0.280.